The zero-order valence-electron chi connectivity index (χ0n) is 16.4. The fourth-order valence-corrected chi connectivity index (χ4v) is 3.09. The molecule has 27 heavy (non-hydrogen) atoms. The largest absolute Gasteiger partial charge is 0.362 e. The van der Waals surface area contributed by atoms with Crippen LogP contribution < -0.4 is 10.2 Å². The lowest BCUT2D eigenvalue weighted by atomic mass is 9.98. The highest BCUT2D eigenvalue weighted by atomic mass is 15.1. The molecule has 0 radical (unpaired) electrons. The standard InChI is InChI=1S/C25H28N2/c1-20-11-15-24(16-12-20)27(3)25-17-13-23(14-18-25)26-19-7-6-10-22-9-5-4-8-21(22)2/h4,6-8,10-19,26H,5,9H2,1-3H3/b10-6-,19-7+. The van der Waals surface area contributed by atoms with E-state index in [-0.39, 0.29) is 0 Å². The molecule has 0 fully saturated rings. The highest BCUT2D eigenvalue weighted by molar-refractivity contribution is 5.65. The minimum Gasteiger partial charge on any atom is -0.362 e. The van der Waals surface area contributed by atoms with Crippen LogP contribution in [0.3, 0.4) is 0 Å². The van der Waals surface area contributed by atoms with Gasteiger partial charge in [0.05, 0.1) is 0 Å². The van der Waals surface area contributed by atoms with Gasteiger partial charge in [-0.15, -0.1) is 0 Å². The number of allylic oxidation sites excluding steroid dienone is 7. The molecule has 1 aliphatic carbocycles. The summed E-state index contributed by atoms with van der Waals surface area (Å²) >= 11 is 0. The number of benzene rings is 2. The molecule has 2 aromatic rings. The topological polar surface area (TPSA) is 15.3 Å². The van der Waals surface area contributed by atoms with Gasteiger partial charge < -0.3 is 10.2 Å². The normalized spacial score (nSPS) is 14.3. The molecule has 2 nitrogen and oxygen atoms in total. The summed E-state index contributed by atoms with van der Waals surface area (Å²) in [5.74, 6) is 0. The van der Waals surface area contributed by atoms with Gasteiger partial charge in [0, 0.05) is 30.3 Å². The van der Waals surface area contributed by atoms with Crippen molar-refractivity contribution >= 4 is 17.1 Å². The van der Waals surface area contributed by atoms with Crippen LogP contribution in [-0.4, -0.2) is 7.05 Å². The van der Waals surface area contributed by atoms with E-state index in [1.165, 1.54) is 28.1 Å². The molecule has 1 N–H and O–H groups in total. The number of anilines is 3. The van der Waals surface area contributed by atoms with E-state index in [0.717, 1.165) is 18.5 Å². The van der Waals surface area contributed by atoms with Crippen LogP contribution in [0.2, 0.25) is 0 Å². The van der Waals surface area contributed by atoms with Gasteiger partial charge in [-0.25, -0.2) is 0 Å². The zero-order chi connectivity index (χ0) is 19.1. The van der Waals surface area contributed by atoms with E-state index in [0.29, 0.717) is 0 Å². The van der Waals surface area contributed by atoms with Gasteiger partial charge >= 0.3 is 0 Å². The Labute approximate surface area is 163 Å². The Kier molecular flexibility index (Phi) is 6.32. The molecule has 0 heterocycles. The maximum atomic E-state index is 3.33. The summed E-state index contributed by atoms with van der Waals surface area (Å²) in [6, 6.07) is 17.1. The van der Waals surface area contributed by atoms with Crippen molar-refractivity contribution in [2.75, 3.05) is 17.3 Å². The number of nitrogens with one attached hydrogen (secondary N) is 1. The van der Waals surface area contributed by atoms with Crippen molar-refractivity contribution in [1.29, 1.82) is 0 Å². The first kappa shape index (κ1) is 18.8. The molecule has 0 aromatic heterocycles. The van der Waals surface area contributed by atoms with E-state index in [1.807, 2.05) is 12.3 Å². The molecule has 0 aliphatic heterocycles. The Morgan fingerprint density at radius 2 is 1.56 bits per heavy atom. The molecule has 0 saturated carbocycles. The second-order valence-corrected chi connectivity index (χ2v) is 6.95. The van der Waals surface area contributed by atoms with E-state index in [9.17, 15) is 0 Å². The molecule has 2 heteroatoms. The fourth-order valence-electron chi connectivity index (χ4n) is 3.09. The molecule has 138 valence electrons. The predicted octanol–water partition coefficient (Wildman–Crippen LogP) is 6.91. The van der Waals surface area contributed by atoms with Crippen LogP contribution in [0, 0.1) is 6.92 Å². The van der Waals surface area contributed by atoms with E-state index >= 15 is 0 Å². The van der Waals surface area contributed by atoms with Crippen LogP contribution in [0.5, 0.6) is 0 Å². The summed E-state index contributed by atoms with van der Waals surface area (Å²) in [5, 5.41) is 3.33. The van der Waals surface area contributed by atoms with Gasteiger partial charge in [-0.1, -0.05) is 42.0 Å². The van der Waals surface area contributed by atoms with Crippen LogP contribution >= 0.6 is 0 Å². The summed E-state index contributed by atoms with van der Waals surface area (Å²) in [6.45, 7) is 4.28. The third-order valence-electron chi connectivity index (χ3n) is 4.89. The lowest BCUT2D eigenvalue weighted by molar-refractivity contribution is 0.969. The molecule has 2 aromatic carbocycles. The van der Waals surface area contributed by atoms with E-state index in [1.54, 1.807) is 0 Å². The Bertz CT molecular complexity index is 866. The first-order valence-corrected chi connectivity index (χ1v) is 9.50. The van der Waals surface area contributed by atoms with Crippen LogP contribution in [0.1, 0.15) is 25.3 Å². The SMILES string of the molecule is CC1=C(/C=C\C=C\Nc2ccc(N(C)c3ccc(C)cc3)cc2)CCC=C1. The van der Waals surface area contributed by atoms with Gasteiger partial charge in [-0.2, -0.15) is 0 Å². The second-order valence-electron chi connectivity index (χ2n) is 6.95. The molecular weight excluding hydrogens is 328 g/mol. The van der Waals surface area contributed by atoms with Crippen molar-refractivity contribution < 1.29 is 0 Å². The number of hydrogen-bond donors (Lipinski definition) is 1. The third-order valence-corrected chi connectivity index (χ3v) is 4.89. The van der Waals surface area contributed by atoms with Crippen molar-refractivity contribution in [3.8, 4) is 0 Å². The summed E-state index contributed by atoms with van der Waals surface area (Å²) in [5.41, 5.74) is 7.50. The van der Waals surface area contributed by atoms with Crippen molar-refractivity contribution in [2.24, 2.45) is 0 Å². The monoisotopic (exact) mass is 356 g/mol. The van der Waals surface area contributed by atoms with Crippen molar-refractivity contribution in [1.82, 2.24) is 0 Å². The van der Waals surface area contributed by atoms with E-state index < -0.39 is 0 Å². The summed E-state index contributed by atoms with van der Waals surface area (Å²) in [4.78, 5) is 2.19. The van der Waals surface area contributed by atoms with Crippen molar-refractivity contribution in [2.45, 2.75) is 26.7 Å². The smallest absolute Gasteiger partial charge is 0.0409 e. The average molecular weight is 357 g/mol. The molecule has 1 aliphatic rings. The van der Waals surface area contributed by atoms with Gasteiger partial charge in [-0.3, -0.25) is 0 Å². The third kappa shape index (κ3) is 5.24. The Morgan fingerprint density at radius 3 is 2.22 bits per heavy atom. The van der Waals surface area contributed by atoms with Crippen LogP contribution in [0.25, 0.3) is 0 Å². The molecule has 0 bridgehead atoms. The highest BCUT2D eigenvalue weighted by Crippen LogP contribution is 2.25. The molecular formula is C25H28N2. The van der Waals surface area contributed by atoms with Gasteiger partial charge in [0.25, 0.3) is 0 Å². The second kappa shape index (κ2) is 9.09. The molecule has 0 saturated heterocycles. The average Bonchev–Trinajstić information content (AvgIpc) is 2.69. The fraction of sp³-hybridized carbons (Fsp3) is 0.200. The quantitative estimate of drug-likeness (QED) is 0.566. The maximum Gasteiger partial charge on any atom is 0.0409 e. The number of aryl methyl sites for hydroxylation is 1. The van der Waals surface area contributed by atoms with Crippen LogP contribution in [0.15, 0.2) is 96.3 Å². The summed E-state index contributed by atoms with van der Waals surface area (Å²) in [6.07, 6.45) is 15.1. The summed E-state index contributed by atoms with van der Waals surface area (Å²) in [7, 11) is 2.09. The number of hydrogen-bond acceptors (Lipinski definition) is 2. The van der Waals surface area contributed by atoms with E-state index in [2.05, 4.69) is 104 Å². The highest BCUT2D eigenvalue weighted by Gasteiger charge is 2.03. The van der Waals surface area contributed by atoms with Gasteiger partial charge in [0.1, 0.15) is 0 Å². The Hall–Kier alpha value is -3.00. The molecule has 3 rings (SSSR count). The minimum absolute atomic E-state index is 1.08. The van der Waals surface area contributed by atoms with Crippen LogP contribution in [0.4, 0.5) is 17.1 Å². The molecule has 0 amide bonds. The van der Waals surface area contributed by atoms with Gasteiger partial charge in [0.15, 0.2) is 0 Å². The first-order valence-electron chi connectivity index (χ1n) is 9.50. The lowest BCUT2D eigenvalue weighted by Crippen LogP contribution is -2.09. The number of rotatable bonds is 6. The van der Waals surface area contributed by atoms with Gasteiger partial charge in [-0.05, 0) is 80.3 Å². The van der Waals surface area contributed by atoms with Crippen LogP contribution in [-0.2, 0) is 0 Å². The maximum absolute atomic E-state index is 3.33. The van der Waals surface area contributed by atoms with Crippen molar-refractivity contribution in [3.05, 3.63) is 102 Å². The van der Waals surface area contributed by atoms with Gasteiger partial charge in [0.2, 0.25) is 0 Å². The first-order chi connectivity index (χ1) is 13.1. The Balaban J connectivity index is 1.56. The number of nitrogens with zero attached hydrogens (tertiary/aromatic N) is 1. The minimum atomic E-state index is 1.08. The lowest BCUT2D eigenvalue weighted by Gasteiger charge is -2.20. The van der Waals surface area contributed by atoms with Crippen molar-refractivity contribution in [3.63, 3.8) is 0 Å². The summed E-state index contributed by atoms with van der Waals surface area (Å²) < 4.78 is 0. The predicted molar refractivity (Wildman–Crippen MR) is 119 cm³/mol. The Morgan fingerprint density at radius 1 is 0.889 bits per heavy atom. The molecule has 0 atom stereocenters. The molecule has 0 unspecified atom stereocenters. The molecule has 0 spiro atoms. The van der Waals surface area contributed by atoms with E-state index in [4.69, 9.17) is 0 Å². The zero-order valence-corrected chi connectivity index (χ0v) is 16.4.